The van der Waals surface area contributed by atoms with E-state index in [0.717, 1.165) is 39.1 Å². The van der Waals surface area contributed by atoms with Crippen LogP contribution in [0.15, 0.2) is 78.9 Å². The van der Waals surface area contributed by atoms with Gasteiger partial charge in [-0.1, -0.05) is 24.3 Å². The quantitative estimate of drug-likeness (QED) is 0.0969. The van der Waals surface area contributed by atoms with Gasteiger partial charge in [-0.25, -0.2) is 9.18 Å². The molecule has 1 aliphatic heterocycles. The number of nitro groups is 1. The molecule has 0 radical (unpaired) electrons. The zero-order chi connectivity index (χ0) is 30.9. The van der Waals surface area contributed by atoms with Gasteiger partial charge >= 0.3 is 5.97 Å². The number of aryl methyl sites for hydroxylation is 1. The Kier molecular flexibility index (Phi) is 7.91. The normalized spacial score (nSPS) is 13.3. The molecular formula is C34H31FN2O6. The Morgan fingerprint density at radius 3 is 2.49 bits per heavy atom. The van der Waals surface area contributed by atoms with Crippen LogP contribution >= 0.6 is 0 Å². The van der Waals surface area contributed by atoms with Gasteiger partial charge in [0, 0.05) is 46.6 Å². The number of carbonyl (C=O) groups is 1. The molecule has 0 saturated heterocycles. The molecule has 1 heterocycles. The highest BCUT2D eigenvalue weighted by atomic mass is 19.1. The first-order valence-electron chi connectivity index (χ1n) is 13.6. The molecule has 0 amide bonds. The maximum atomic E-state index is 14.0. The number of ether oxygens (including phenoxy) is 3. The van der Waals surface area contributed by atoms with Crippen molar-refractivity contribution in [2.24, 2.45) is 0 Å². The summed E-state index contributed by atoms with van der Waals surface area (Å²) < 4.78 is 31.5. The lowest BCUT2D eigenvalue weighted by Crippen LogP contribution is -2.32. The number of hydrogen-bond donors (Lipinski definition) is 1. The van der Waals surface area contributed by atoms with E-state index in [1.54, 1.807) is 24.3 Å². The molecule has 0 aromatic heterocycles. The molecule has 4 aromatic rings. The molecular weight excluding hydrogens is 551 g/mol. The monoisotopic (exact) mass is 582 g/mol. The van der Waals surface area contributed by atoms with E-state index in [9.17, 15) is 19.3 Å². The summed E-state index contributed by atoms with van der Waals surface area (Å²) in [7, 11) is 1.52. The molecule has 0 fully saturated rings. The minimum absolute atomic E-state index is 0.0525. The fourth-order valence-corrected chi connectivity index (χ4v) is 5.35. The second-order valence-electron chi connectivity index (χ2n) is 10.9. The second-order valence-corrected chi connectivity index (χ2v) is 10.9. The number of rotatable bonds is 8. The summed E-state index contributed by atoms with van der Waals surface area (Å²) in [5, 5.41) is 14.7. The fourth-order valence-electron chi connectivity index (χ4n) is 5.35. The van der Waals surface area contributed by atoms with Crippen LogP contribution in [0.3, 0.4) is 0 Å². The number of carbonyl (C=O) groups excluding carboxylic acids is 1. The molecule has 9 heteroatoms. The molecule has 43 heavy (non-hydrogen) atoms. The van der Waals surface area contributed by atoms with Crippen LogP contribution in [-0.2, 0) is 6.61 Å². The van der Waals surface area contributed by atoms with Gasteiger partial charge in [0.05, 0.1) is 23.1 Å². The molecule has 8 nitrogen and oxygen atoms in total. The van der Waals surface area contributed by atoms with E-state index >= 15 is 0 Å². The van der Waals surface area contributed by atoms with Gasteiger partial charge in [-0.15, -0.1) is 0 Å². The van der Waals surface area contributed by atoms with Crippen molar-refractivity contribution in [2.45, 2.75) is 39.8 Å². The van der Waals surface area contributed by atoms with Crippen molar-refractivity contribution in [3.05, 3.63) is 117 Å². The molecule has 0 atom stereocenters. The highest BCUT2D eigenvalue weighted by Gasteiger charge is 2.27. The van der Waals surface area contributed by atoms with Crippen molar-refractivity contribution in [3.8, 4) is 28.4 Å². The van der Waals surface area contributed by atoms with E-state index in [1.165, 1.54) is 43.5 Å². The number of nitrogens with zero attached hydrogens (tertiary/aromatic N) is 1. The van der Waals surface area contributed by atoms with Gasteiger partial charge in [0.2, 0.25) is 0 Å². The van der Waals surface area contributed by atoms with Crippen molar-refractivity contribution in [1.29, 1.82) is 0 Å². The first-order chi connectivity index (χ1) is 20.5. The average Bonchev–Trinajstić information content (AvgIpc) is 2.96. The van der Waals surface area contributed by atoms with E-state index in [4.69, 9.17) is 14.2 Å². The van der Waals surface area contributed by atoms with E-state index in [2.05, 4.69) is 32.2 Å². The van der Waals surface area contributed by atoms with Gasteiger partial charge in [-0.3, -0.25) is 10.1 Å². The van der Waals surface area contributed by atoms with Gasteiger partial charge in [0.15, 0.2) is 0 Å². The Morgan fingerprint density at radius 2 is 1.74 bits per heavy atom. The van der Waals surface area contributed by atoms with E-state index in [-0.39, 0.29) is 35.0 Å². The molecule has 1 aliphatic rings. The summed E-state index contributed by atoms with van der Waals surface area (Å²) >= 11 is 0. The van der Waals surface area contributed by atoms with Crippen molar-refractivity contribution < 1.29 is 28.3 Å². The smallest absolute Gasteiger partial charge is 0.343 e. The maximum absolute atomic E-state index is 14.0. The topological polar surface area (TPSA) is 99.9 Å². The van der Waals surface area contributed by atoms with Crippen LogP contribution in [0.1, 0.15) is 47.8 Å². The molecule has 0 aliphatic carbocycles. The molecule has 0 bridgehead atoms. The first-order valence-corrected chi connectivity index (χ1v) is 13.6. The minimum Gasteiger partial charge on any atom is -0.496 e. The lowest BCUT2D eigenvalue weighted by atomic mass is 9.85. The Morgan fingerprint density at radius 1 is 0.977 bits per heavy atom. The van der Waals surface area contributed by atoms with Crippen LogP contribution in [0.4, 0.5) is 15.8 Å². The van der Waals surface area contributed by atoms with Crippen LogP contribution in [-0.4, -0.2) is 23.5 Å². The van der Waals surface area contributed by atoms with Crippen molar-refractivity contribution in [3.63, 3.8) is 0 Å². The number of allylic oxidation sites excluding steroid dienone is 1. The number of esters is 1. The third-order valence-corrected chi connectivity index (χ3v) is 7.23. The van der Waals surface area contributed by atoms with Gasteiger partial charge in [-0.2, -0.15) is 0 Å². The number of nitrogens with one attached hydrogen (secondary N) is 1. The Hall–Kier alpha value is -5.18. The number of anilines is 1. The summed E-state index contributed by atoms with van der Waals surface area (Å²) in [6.07, 6.45) is 2.16. The Bertz CT molecular complexity index is 1780. The molecule has 0 spiro atoms. The fraction of sp³-hybridized carbons (Fsp3) is 0.206. The van der Waals surface area contributed by atoms with Gasteiger partial charge in [-0.05, 0) is 74.7 Å². The minimum atomic E-state index is -0.735. The van der Waals surface area contributed by atoms with Crippen molar-refractivity contribution in [2.75, 3.05) is 12.4 Å². The van der Waals surface area contributed by atoms with E-state index < -0.39 is 10.9 Å². The first kappa shape index (κ1) is 29.3. The summed E-state index contributed by atoms with van der Waals surface area (Å²) in [4.78, 5) is 23.3. The number of nitro benzene ring substituents is 1. The maximum Gasteiger partial charge on any atom is 0.343 e. The highest BCUT2D eigenvalue weighted by molar-refractivity contribution is 5.92. The lowest BCUT2D eigenvalue weighted by Gasteiger charge is -2.33. The van der Waals surface area contributed by atoms with Crippen LogP contribution < -0.4 is 19.5 Å². The third-order valence-electron chi connectivity index (χ3n) is 7.23. The van der Waals surface area contributed by atoms with Crippen LogP contribution in [0.5, 0.6) is 17.2 Å². The molecule has 0 saturated carbocycles. The lowest BCUT2D eigenvalue weighted by molar-refractivity contribution is -0.384. The molecule has 4 aromatic carbocycles. The number of halogens is 1. The molecule has 5 rings (SSSR count). The van der Waals surface area contributed by atoms with Gasteiger partial charge in [0.1, 0.15) is 29.7 Å². The largest absolute Gasteiger partial charge is 0.496 e. The SMILES string of the molecule is COc1cc(OC(=O)c2cccc([N+](=O)[O-])c2)ccc1-c1ccc2c(c1COc1cc(F)ccc1C)C(C)=CC(C)(C)N2. The molecule has 220 valence electrons. The third kappa shape index (κ3) is 6.21. The summed E-state index contributed by atoms with van der Waals surface area (Å²) in [6, 6.07) is 18.8. The number of non-ortho nitro benzene ring substituents is 1. The Labute approximate surface area is 248 Å². The molecule has 0 unspecified atom stereocenters. The standard InChI is InChI=1S/C34H31FN2O6/c1-20-9-10-23(35)16-30(20)42-19-28-26(13-14-29-32(28)21(2)18-34(3,4)36-29)27-12-11-25(17-31(27)41-5)43-33(38)22-7-6-8-24(15-22)37(39)40/h6-18,36H,19H2,1-5H3. The number of methoxy groups -OCH3 is 1. The van der Waals surface area contributed by atoms with Gasteiger partial charge < -0.3 is 19.5 Å². The zero-order valence-electron chi connectivity index (χ0n) is 24.5. The number of benzene rings is 4. The number of hydrogen-bond acceptors (Lipinski definition) is 7. The summed E-state index contributed by atoms with van der Waals surface area (Å²) in [5.41, 5.74) is 5.83. The highest BCUT2D eigenvalue weighted by Crippen LogP contribution is 2.43. The predicted molar refractivity (Wildman–Crippen MR) is 163 cm³/mol. The van der Waals surface area contributed by atoms with E-state index in [1.807, 2.05) is 19.1 Å². The number of fused-ring (bicyclic) bond motifs is 1. The van der Waals surface area contributed by atoms with Crippen molar-refractivity contribution in [1.82, 2.24) is 0 Å². The van der Waals surface area contributed by atoms with Crippen LogP contribution in [0.25, 0.3) is 16.7 Å². The summed E-state index contributed by atoms with van der Waals surface area (Å²) in [6.45, 7) is 8.26. The molecule has 1 N–H and O–H groups in total. The predicted octanol–water partition coefficient (Wildman–Crippen LogP) is 8.12. The second kappa shape index (κ2) is 11.6. The average molecular weight is 583 g/mol. The summed E-state index contributed by atoms with van der Waals surface area (Å²) in [5.74, 6) is -0.0146. The van der Waals surface area contributed by atoms with E-state index in [0.29, 0.717) is 11.5 Å². The Balaban J connectivity index is 1.54. The van der Waals surface area contributed by atoms with Gasteiger partial charge in [0.25, 0.3) is 5.69 Å². The van der Waals surface area contributed by atoms with Crippen LogP contribution in [0, 0.1) is 22.9 Å². The van der Waals surface area contributed by atoms with Crippen molar-refractivity contribution >= 4 is 22.9 Å². The van der Waals surface area contributed by atoms with Crippen LogP contribution in [0.2, 0.25) is 0 Å². The zero-order valence-corrected chi connectivity index (χ0v) is 24.5.